The van der Waals surface area contributed by atoms with Gasteiger partial charge >= 0.3 is 0 Å². The van der Waals surface area contributed by atoms with Gasteiger partial charge in [-0.25, -0.2) is 0 Å². The summed E-state index contributed by atoms with van der Waals surface area (Å²) in [5, 5.41) is 6.15. The molecule has 0 spiro atoms. The van der Waals surface area contributed by atoms with Crippen LogP contribution in [-0.2, 0) is 9.53 Å². The average Bonchev–Trinajstić information content (AvgIpc) is 2.07. The van der Waals surface area contributed by atoms with Crippen molar-refractivity contribution in [3.05, 3.63) is 0 Å². The van der Waals surface area contributed by atoms with Crippen LogP contribution in [0.2, 0.25) is 0 Å². The van der Waals surface area contributed by atoms with Gasteiger partial charge in [-0.05, 0) is 18.8 Å². The predicted octanol–water partition coefficient (Wildman–Crippen LogP) is 0.280. The first-order valence-electron chi connectivity index (χ1n) is 5.85. The summed E-state index contributed by atoms with van der Waals surface area (Å²) < 4.78 is 5.48. The lowest BCUT2D eigenvalue weighted by Crippen LogP contribution is -2.49. The van der Waals surface area contributed by atoms with Gasteiger partial charge in [0, 0.05) is 25.6 Å². The van der Waals surface area contributed by atoms with Crippen molar-refractivity contribution in [2.24, 2.45) is 5.92 Å². The van der Waals surface area contributed by atoms with E-state index in [1.54, 1.807) is 0 Å². The number of rotatable bonds is 5. The molecule has 4 heteroatoms. The van der Waals surface area contributed by atoms with E-state index in [1.807, 2.05) is 0 Å². The molecule has 1 aliphatic heterocycles. The van der Waals surface area contributed by atoms with E-state index in [-0.39, 0.29) is 5.91 Å². The molecule has 0 aromatic carbocycles. The van der Waals surface area contributed by atoms with E-state index < -0.39 is 0 Å². The van der Waals surface area contributed by atoms with Gasteiger partial charge in [0.05, 0.1) is 12.7 Å². The lowest BCUT2D eigenvalue weighted by Gasteiger charge is -2.33. The number of carbonyl (C=O) groups is 1. The van der Waals surface area contributed by atoms with Crippen LogP contribution >= 0.6 is 0 Å². The topological polar surface area (TPSA) is 50.4 Å². The maximum absolute atomic E-state index is 11.4. The lowest BCUT2D eigenvalue weighted by molar-refractivity contribution is -0.124. The number of carbonyl (C=O) groups excluding carboxylic acids is 1. The van der Waals surface area contributed by atoms with Crippen LogP contribution in [0.15, 0.2) is 0 Å². The van der Waals surface area contributed by atoms with Gasteiger partial charge in [-0.15, -0.1) is 0 Å². The van der Waals surface area contributed by atoms with Gasteiger partial charge in [0.15, 0.2) is 0 Å². The molecule has 2 aliphatic rings. The van der Waals surface area contributed by atoms with E-state index in [2.05, 4.69) is 17.6 Å². The highest BCUT2D eigenvalue weighted by Crippen LogP contribution is 2.26. The van der Waals surface area contributed by atoms with Crippen molar-refractivity contribution in [3.8, 4) is 0 Å². The number of hydrogen-bond donors (Lipinski definition) is 2. The van der Waals surface area contributed by atoms with Crippen LogP contribution in [-0.4, -0.2) is 37.7 Å². The van der Waals surface area contributed by atoms with Crippen molar-refractivity contribution in [3.63, 3.8) is 0 Å². The third-order valence-electron chi connectivity index (χ3n) is 3.17. The fraction of sp³-hybridized carbons (Fsp3) is 0.909. The molecule has 15 heavy (non-hydrogen) atoms. The largest absolute Gasteiger partial charge is 0.375 e. The number of ether oxygens (including phenoxy) is 1. The van der Waals surface area contributed by atoms with Crippen molar-refractivity contribution in [1.29, 1.82) is 0 Å². The SMILES string of the molecule is CC1CC(NC(=O)CCOC2CNC2)C1. The summed E-state index contributed by atoms with van der Waals surface area (Å²) in [7, 11) is 0. The molecule has 1 saturated heterocycles. The van der Waals surface area contributed by atoms with Gasteiger partial charge in [-0.3, -0.25) is 4.79 Å². The van der Waals surface area contributed by atoms with Crippen LogP contribution in [0.3, 0.4) is 0 Å². The first kappa shape index (κ1) is 10.9. The second-order valence-electron chi connectivity index (χ2n) is 4.74. The lowest BCUT2D eigenvalue weighted by atomic mass is 9.82. The second-order valence-corrected chi connectivity index (χ2v) is 4.74. The third kappa shape index (κ3) is 3.18. The van der Waals surface area contributed by atoms with Gasteiger partial charge in [-0.2, -0.15) is 0 Å². The minimum Gasteiger partial charge on any atom is -0.375 e. The second kappa shape index (κ2) is 4.94. The summed E-state index contributed by atoms with van der Waals surface area (Å²) in [6.07, 6.45) is 3.11. The molecular weight excluding hydrogens is 192 g/mol. The molecule has 0 atom stereocenters. The van der Waals surface area contributed by atoms with Gasteiger partial charge in [-0.1, -0.05) is 6.92 Å². The van der Waals surface area contributed by atoms with E-state index >= 15 is 0 Å². The summed E-state index contributed by atoms with van der Waals surface area (Å²) in [5.41, 5.74) is 0. The zero-order valence-corrected chi connectivity index (χ0v) is 9.29. The third-order valence-corrected chi connectivity index (χ3v) is 3.17. The van der Waals surface area contributed by atoms with Gasteiger partial charge in [0.25, 0.3) is 0 Å². The van der Waals surface area contributed by atoms with E-state index in [4.69, 9.17) is 4.74 Å². The van der Waals surface area contributed by atoms with E-state index in [0.717, 1.165) is 31.8 Å². The Kier molecular flexibility index (Phi) is 3.59. The normalized spacial score (nSPS) is 30.5. The molecule has 2 rings (SSSR count). The van der Waals surface area contributed by atoms with Gasteiger partial charge < -0.3 is 15.4 Å². The van der Waals surface area contributed by atoms with Crippen LogP contribution in [0.5, 0.6) is 0 Å². The number of nitrogens with one attached hydrogen (secondary N) is 2. The minimum absolute atomic E-state index is 0.138. The molecule has 0 aromatic heterocycles. The smallest absolute Gasteiger partial charge is 0.222 e. The Morgan fingerprint density at radius 3 is 2.73 bits per heavy atom. The molecule has 86 valence electrons. The Morgan fingerprint density at radius 2 is 2.20 bits per heavy atom. The van der Waals surface area contributed by atoms with Crippen LogP contribution in [0.1, 0.15) is 26.2 Å². The molecule has 2 N–H and O–H groups in total. The molecule has 1 heterocycles. The van der Waals surface area contributed by atoms with Gasteiger partial charge in [0.2, 0.25) is 5.91 Å². The Labute approximate surface area is 90.8 Å². The van der Waals surface area contributed by atoms with Crippen molar-refractivity contribution in [1.82, 2.24) is 10.6 Å². The molecular formula is C11H20N2O2. The summed E-state index contributed by atoms with van der Waals surface area (Å²) in [5.74, 6) is 0.923. The number of hydrogen-bond acceptors (Lipinski definition) is 3. The van der Waals surface area contributed by atoms with Crippen LogP contribution in [0.4, 0.5) is 0 Å². The Bertz CT molecular complexity index is 223. The zero-order valence-electron chi connectivity index (χ0n) is 9.29. The van der Waals surface area contributed by atoms with Crippen molar-refractivity contribution in [2.75, 3.05) is 19.7 Å². The van der Waals surface area contributed by atoms with E-state index in [0.29, 0.717) is 25.2 Å². The molecule has 0 bridgehead atoms. The van der Waals surface area contributed by atoms with E-state index in [1.165, 1.54) is 0 Å². The van der Waals surface area contributed by atoms with Crippen LogP contribution < -0.4 is 10.6 Å². The Hall–Kier alpha value is -0.610. The van der Waals surface area contributed by atoms with Crippen LogP contribution in [0.25, 0.3) is 0 Å². The summed E-state index contributed by atoms with van der Waals surface area (Å²) >= 11 is 0. The molecule has 0 radical (unpaired) electrons. The molecule has 2 fully saturated rings. The zero-order chi connectivity index (χ0) is 10.7. The van der Waals surface area contributed by atoms with Crippen molar-refractivity contribution >= 4 is 5.91 Å². The summed E-state index contributed by atoms with van der Waals surface area (Å²) in [6, 6.07) is 0.429. The standard InChI is InChI=1S/C11H20N2O2/c1-8-4-9(5-8)13-11(14)2-3-15-10-6-12-7-10/h8-10,12H,2-7H2,1H3,(H,13,14). The first-order valence-corrected chi connectivity index (χ1v) is 5.85. The fourth-order valence-electron chi connectivity index (χ4n) is 2.02. The van der Waals surface area contributed by atoms with E-state index in [9.17, 15) is 4.79 Å². The molecule has 4 nitrogen and oxygen atoms in total. The van der Waals surface area contributed by atoms with Gasteiger partial charge in [0.1, 0.15) is 0 Å². The predicted molar refractivity (Wildman–Crippen MR) is 57.6 cm³/mol. The molecule has 1 saturated carbocycles. The fourth-order valence-corrected chi connectivity index (χ4v) is 2.02. The average molecular weight is 212 g/mol. The Morgan fingerprint density at radius 1 is 1.47 bits per heavy atom. The molecule has 0 aromatic rings. The van der Waals surface area contributed by atoms with Crippen molar-refractivity contribution < 1.29 is 9.53 Å². The minimum atomic E-state index is 0.138. The highest BCUT2D eigenvalue weighted by atomic mass is 16.5. The first-order chi connectivity index (χ1) is 7.24. The van der Waals surface area contributed by atoms with Crippen molar-refractivity contribution in [2.45, 2.75) is 38.3 Å². The number of amides is 1. The quantitative estimate of drug-likeness (QED) is 0.688. The molecule has 1 amide bonds. The highest BCUT2D eigenvalue weighted by Gasteiger charge is 2.26. The summed E-state index contributed by atoms with van der Waals surface area (Å²) in [6.45, 7) is 4.64. The maximum Gasteiger partial charge on any atom is 0.222 e. The summed E-state index contributed by atoms with van der Waals surface area (Å²) in [4.78, 5) is 11.4. The maximum atomic E-state index is 11.4. The highest BCUT2D eigenvalue weighted by molar-refractivity contribution is 5.76. The van der Waals surface area contributed by atoms with Crippen LogP contribution in [0, 0.1) is 5.92 Å². The Balaban J connectivity index is 1.49. The molecule has 1 aliphatic carbocycles. The monoisotopic (exact) mass is 212 g/mol. The molecule has 0 unspecified atom stereocenters.